The number of nitrogens with one attached hydrogen (secondary N) is 3. The number of hydrogen-bond acceptors (Lipinski definition) is 4. The first kappa shape index (κ1) is 12.0. The highest BCUT2D eigenvalue weighted by atomic mass is 16.4. The molecule has 0 spiro atoms. The first-order valence-electron chi connectivity index (χ1n) is 6.37. The van der Waals surface area contributed by atoms with Crippen LogP contribution in [0.15, 0.2) is 27.4 Å². The van der Waals surface area contributed by atoms with Crippen molar-refractivity contribution in [3.05, 3.63) is 28.7 Å². The number of fused-ring (bicyclic) bond motifs is 1. The lowest BCUT2D eigenvalue weighted by molar-refractivity contribution is -0.120. The number of H-pyrrole nitrogens is 1. The van der Waals surface area contributed by atoms with Gasteiger partial charge in [0.1, 0.15) is 0 Å². The smallest absolute Gasteiger partial charge is 0.408 e. The summed E-state index contributed by atoms with van der Waals surface area (Å²) in [5, 5.41) is 6.07. The van der Waals surface area contributed by atoms with Crippen molar-refractivity contribution in [3.8, 4) is 0 Å². The Morgan fingerprint density at radius 2 is 2.32 bits per heavy atom. The summed E-state index contributed by atoms with van der Waals surface area (Å²) in [6, 6.07) is 5.12. The molecule has 6 nitrogen and oxygen atoms in total. The number of oxazole rings is 1. The molecular weight excluding hydrogens is 246 g/mol. The van der Waals surface area contributed by atoms with Crippen LogP contribution in [0, 0.1) is 5.92 Å². The Hall–Kier alpha value is -2.08. The van der Waals surface area contributed by atoms with Crippen molar-refractivity contribution in [2.75, 3.05) is 18.4 Å². The molecule has 1 atom stereocenters. The van der Waals surface area contributed by atoms with Crippen LogP contribution in [0.3, 0.4) is 0 Å². The minimum absolute atomic E-state index is 0.00248. The molecule has 1 aromatic heterocycles. The standard InChI is InChI=1S/C13H15N3O3/c17-12(8-2-1-5-14-7-8)15-9-3-4-10-11(6-9)19-13(18)16-10/h3-4,6,8,14H,1-2,5,7H2,(H,15,17)(H,16,18). The van der Waals surface area contributed by atoms with E-state index in [-0.39, 0.29) is 11.8 Å². The molecule has 0 aliphatic carbocycles. The quantitative estimate of drug-likeness (QED) is 0.754. The molecule has 2 aromatic rings. The SMILES string of the molecule is O=C(Nc1ccc2[nH]c(=O)oc2c1)C1CCCNC1. The van der Waals surface area contributed by atoms with Gasteiger partial charge in [-0.25, -0.2) is 4.79 Å². The molecule has 0 bridgehead atoms. The van der Waals surface area contributed by atoms with Gasteiger partial charge >= 0.3 is 5.76 Å². The number of carbonyl (C=O) groups excluding carboxylic acids is 1. The van der Waals surface area contributed by atoms with Crippen molar-refractivity contribution >= 4 is 22.7 Å². The summed E-state index contributed by atoms with van der Waals surface area (Å²) in [6.07, 6.45) is 1.92. The van der Waals surface area contributed by atoms with Crippen LogP contribution in [0.4, 0.5) is 5.69 Å². The molecule has 0 radical (unpaired) electrons. The van der Waals surface area contributed by atoms with E-state index in [9.17, 15) is 9.59 Å². The van der Waals surface area contributed by atoms with Crippen molar-refractivity contribution in [1.29, 1.82) is 0 Å². The second-order valence-corrected chi connectivity index (χ2v) is 4.76. The topological polar surface area (TPSA) is 87.1 Å². The average Bonchev–Trinajstić information content (AvgIpc) is 2.79. The monoisotopic (exact) mass is 261 g/mol. The Morgan fingerprint density at radius 3 is 3.11 bits per heavy atom. The van der Waals surface area contributed by atoms with Crippen LogP contribution in [0.1, 0.15) is 12.8 Å². The van der Waals surface area contributed by atoms with E-state index in [4.69, 9.17) is 4.42 Å². The minimum atomic E-state index is -0.491. The lowest BCUT2D eigenvalue weighted by Gasteiger charge is -2.21. The van der Waals surface area contributed by atoms with E-state index in [0.717, 1.165) is 19.4 Å². The third-order valence-electron chi connectivity index (χ3n) is 3.36. The van der Waals surface area contributed by atoms with Gasteiger partial charge in [0.15, 0.2) is 5.58 Å². The zero-order valence-corrected chi connectivity index (χ0v) is 10.4. The normalized spacial score (nSPS) is 19.5. The summed E-state index contributed by atoms with van der Waals surface area (Å²) in [5.74, 6) is -0.484. The van der Waals surface area contributed by atoms with Gasteiger partial charge < -0.3 is 15.1 Å². The van der Waals surface area contributed by atoms with E-state index in [1.165, 1.54) is 0 Å². The van der Waals surface area contributed by atoms with Gasteiger partial charge in [-0.3, -0.25) is 9.78 Å². The van der Waals surface area contributed by atoms with Gasteiger partial charge in [-0.15, -0.1) is 0 Å². The maximum absolute atomic E-state index is 12.1. The summed E-state index contributed by atoms with van der Waals surface area (Å²) in [4.78, 5) is 25.7. The molecule has 3 rings (SSSR count). The summed E-state index contributed by atoms with van der Waals surface area (Å²) < 4.78 is 4.96. The van der Waals surface area contributed by atoms with E-state index in [1.807, 2.05) is 0 Å². The third-order valence-corrected chi connectivity index (χ3v) is 3.36. The molecule has 3 N–H and O–H groups in total. The van der Waals surface area contributed by atoms with E-state index < -0.39 is 5.76 Å². The van der Waals surface area contributed by atoms with Crippen LogP contribution in [0.5, 0.6) is 0 Å². The number of rotatable bonds is 2. The van der Waals surface area contributed by atoms with Gasteiger partial charge in [-0.05, 0) is 31.5 Å². The van der Waals surface area contributed by atoms with Crippen LogP contribution in [-0.2, 0) is 4.79 Å². The van der Waals surface area contributed by atoms with Crippen molar-refractivity contribution in [2.45, 2.75) is 12.8 Å². The predicted octanol–water partition coefficient (Wildman–Crippen LogP) is 1.06. The molecule has 0 saturated carbocycles. The molecule has 6 heteroatoms. The highest BCUT2D eigenvalue weighted by Gasteiger charge is 2.20. The first-order valence-corrected chi connectivity index (χ1v) is 6.37. The highest BCUT2D eigenvalue weighted by Crippen LogP contribution is 2.18. The lowest BCUT2D eigenvalue weighted by Crippen LogP contribution is -2.37. The van der Waals surface area contributed by atoms with E-state index in [1.54, 1.807) is 18.2 Å². The average molecular weight is 261 g/mol. The number of aromatic nitrogens is 1. The Balaban J connectivity index is 1.76. The third kappa shape index (κ3) is 2.53. The van der Waals surface area contributed by atoms with Crippen molar-refractivity contribution in [2.24, 2.45) is 5.92 Å². The molecule has 1 amide bonds. The molecule has 100 valence electrons. The van der Waals surface area contributed by atoms with Gasteiger partial charge in [0.05, 0.1) is 11.4 Å². The van der Waals surface area contributed by atoms with Crippen molar-refractivity contribution in [1.82, 2.24) is 10.3 Å². The van der Waals surface area contributed by atoms with E-state index in [0.29, 0.717) is 23.3 Å². The fourth-order valence-corrected chi connectivity index (χ4v) is 2.34. The first-order chi connectivity index (χ1) is 9.22. The van der Waals surface area contributed by atoms with Gasteiger partial charge in [0.2, 0.25) is 5.91 Å². The summed E-state index contributed by atoms with van der Waals surface area (Å²) in [6.45, 7) is 1.69. The van der Waals surface area contributed by atoms with E-state index >= 15 is 0 Å². The summed E-state index contributed by atoms with van der Waals surface area (Å²) >= 11 is 0. The number of hydrogen-bond donors (Lipinski definition) is 3. The molecule has 2 heterocycles. The van der Waals surface area contributed by atoms with Crippen molar-refractivity contribution in [3.63, 3.8) is 0 Å². The Morgan fingerprint density at radius 1 is 1.42 bits per heavy atom. The number of benzene rings is 1. The van der Waals surface area contributed by atoms with Crippen LogP contribution in [0.25, 0.3) is 11.1 Å². The Kier molecular flexibility index (Phi) is 3.08. The van der Waals surface area contributed by atoms with E-state index in [2.05, 4.69) is 15.6 Å². The number of aromatic amines is 1. The fourth-order valence-electron chi connectivity index (χ4n) is 2.34. The zero-order valence-electron chi connectivity index (χ0n) is 10.4. The van der Waals surface area contributed by atoms with Gasteiger partial charge in [0, 0.05) is 18.3 Å². The Bertz CT molecular complexity index is 652. The van der Waals surface area contributed by atoms with Gasteiger partial charge in [-0.2, -0.15) is 0 Å². The largest absolute Gasteiger partial charge is 0.417 e. The molecule has 1 aromatic carbocycles. The summed E-state index contributed by atoms with van der Waals surface area (Å²) in [7, 11) is 0. The number of anilines is 1. The summed E-state index contributed by atoms with van der Waals surface area (Å²) in [5.41, 5.74) is 1.72. The minimum Gasteiger partial charge on any atom is -0.408 e. The zero-order chi connectivity index (χ0) is 13.2. The number of piperidine rings is 1. The molecule has 1 fully saturated rings. The van der Waals surface area contributed by atoms with Gasteiger partial charge in [-0.1, -0.05) is 0 Å². The molecule has 1 saturated heterocycles. The molecule has 1 aliphatic heterocycles. The fraction of sp³-hybridized carbons (Fsp3) is 0.385. The molecule has 1 aliphatic rings. The Labute approximate surface area is 109 Å². The van der Waals surface area contributed by atoms with Gasteiger partial charge in [0.25, 0.3) is 0 Å². The van der Waals surface area contributed by atoms with Crippen LogP contribution in [0.2, 0.25) is 0 Å². The highest BCUT2D eigenvalue weighted by molar-refractivity contribution is 5.94. The maximum Gasteiger partial charge on any atom is 0.417 e. The number of amides is 1. The maximum atomic E-state index is 12.1. The van der Waals surface area contributed by atoms with Crippen LogP contribution < -0.4 is 16.4 Å². The molecular formula is C13H15N3O3. The molecule has 19 heavy (non-hydrogen) atoms. The van der Waals surface area contributed by atoms with Crippen LogP contribution in [-0.4, -0.2) is 24.0 Å². The second-order valence-electron chi connectivity index (χ2n) is 4.76. The number of carbonyl (C=O) groups is 1. The predicted molar refractivity (Wildman–Crippen MR) is 71.1 cm³/mol. The lowest BCUT2D eigenvalue weighted by atomic mass is 9.99. The second kappa shape index (κ2) is 4.89. The van der Waals surface area contributed by atoms with Crippen molar-refractivity contribution < 1.29 is 9.21 Å². The molecule has 1 unspecified atom stereocenters. The van der Waals surface area contributed by atoms with Crippen LogP contribution >= 0.6 is 0 Å².